The van der Waals surface area contributed by atoms with E-state index in [2.05, 4.69) is 41.0 Å². The van der Waals surface area contributed by atoms with E-state index in [0.29, 0.717) is 22.2 Å². The zero-order chi connectivity index (χ0) is 24.9. The van der Waals surface area contributed by atoms with Gasteiger partial charge in [-0.05, 0) is 66.6 Å². The zero-order valence-corrected chi connectivity index (χ0v) is 21.0. The fraction of sp³-hybridized carbons (Fsp3) is 0.179. The van der Waals surface area contributed by atoms with E-state index in [1.807, 2.05) is 24.3 Å². The first-order valence-corrected chi connectivity index (χ1v) is 13.4. The van der Waals surface area contributed by atoms with E-state index in [4.69, 9.17) is 4.42 Å². The number of thioether (sulfide) groups is 1. The number of thiophene rings is 1. The highest BCUT2D eigenvalue weighted by atomic mass is 32.2. The van der Waals surface area contributed by atoms with Gasteiger partial charge in [-0.3, -0.25) is 9.59 Å². The molecule has 0 aliphatic heterocycles. The topological polar surface area (TPSA) is 95.1 Å². The van der Waals surface area contributed by atoms with Crippen LogP contribution in [0, 0.1) is 11.3 Å². The molecule has 4 aromatic rings. The van der Waals surface area contributed by atoms with Crippen LogP contribution in [0.2, 0.25) is 0 Å². The van der Waals surface area contributed by atoms with Gasteiger partial charge in [-0.25, -0.2) is 0 Å². The van der Waals surface area contributed by atoms with Crippen molar-refractivity contribution < 1.29 is 14.0 Å². The molecule has 1 unspecified atom stereocenters. The summed E-state index contributed by atoms with van der Waals surface area (Å²) < 4.78 is 5.12. The minimum atomic E-state index is -0.333. The maximum atomic E-state index is 12.8. The molecule has 1 aliphatic carbocycles. The van der Waals surface area contributed by atoms with Crippen LogP contribution < -0.4 is 10.6 Å². The van der Waals surface area contributed by atoms with Crippen molar-refractivity contribution in [2.45, 2.75) is 30.1 Å². The number of carbonyl (C=O) groups excluding carboxylic acids is 2. The van der Waals surface area contributed by atoms with E-state index in [9.17, 15) is 14.9 Å². The predicted molar refractivity (Wildman–Crippen MR) is 143 cm³/mol. The lowest BCUT2D eigenvalue weighted by atomic mass is 9.83. The molecule has 0 bridgehead atoms. The normalized spacial score (nSPS) is 14.5. The summed E-state index contributed by atoms with van der Waals surface area (Å²) in [5, 5.41) is 16.2. The van der Waals surface area contributed by atoms with Gasteiger partial charge in [0.2, 0.25) is 5.91 Å². The summed E-state index contributed by atoms with van der Waals surface area (Å²) in [5.41, 5.74) is 3.62. The van der Waals surface area contributed by atoms with Crippen LogP contribution in [0.1, 0.15) is 44.5 Å². The summed E-state index contributed by atoms with van der Waals surface area (Å²) in [6.07, 6.45) is 4.18. The minimum Gasteiger partial charge on any atom is -0.459 e. The Bertz CT molecular complexity index is 1420. The Morgan fingerprint density at radius 3 is 2.72 bits per heavy atom. The van der Waals surface area contributed by atoms with E-state index in [1.165, 1.54) is 39.8 Å². The average molecular weight is 514 g/mol. The third kappa shape index (κ3) is 5.38. The van der Waals surface area contributed by atoms with Gasteiger partial charge in [0, 0.05) is 15.5 Å². The molecule has 2 heterocycles. The number of amides is 2. The molecular weight excluding hydrogens is 490 g/mol. The molecule has 2 aromatic heterocycles. The largest absolute Gasteiger partial charge is 0.459 e. The second-order valence-corrected chi connectivity index (χ2v) is 10.6. The third-order valence-corrected chi connectivity index (χ3v) is 8.27. The second kappa shape index (κ2) is 10.9. The number of fused-ring (bicyclic) bond motifs is 1. The van der Waals surface area contributed by atoms with Crippen LogP contribution in [0.15, 0.2) is 82.3 Å². The predicted octanol–water partition coefficient (Wildman–Crippen LogP) is 6.47. The maximum absolute atomic E-state index is 12.8. The number of nitrogens with one attached hydrogen (secondary N) is 2. The van der Waals surface area contributed by atoms with Crippen molar-refractivity contribution in [3.63, 3.8) is 0 Å². The number of rotatable bonds is 7. The number of hydrogen-bond acceptors (Lipinski definition) is 6. The van der Waals surface area contributed by atoms with Crippen molar-refractivity contribution in [2.75, 3.05) is 16.4 Å². The highest BCUT2D eigenvalue weighted by Gasteiger charge is 2.27. The standard InChI is InChI=1S/C28H23N3O3S2/c29-16-23-22-12-11-19(18-6-2-1-3-7-18)14-25(22)36-28(23)31-26(32)17-35-21-9-4-8-20(15-21)30-27(33)24-10-5-13-34-24/h1-10,13,15,19H,11-12,14,17H2,(H,30,33)(H,31,32). The summed E-state index contributed by atoms with van der Waals surface area (Å²) in [5.74, 6) is 0.355. The molecule has 1 atom stereocenters. The lowest BCUT2D eigenvalue weighted by molar-refractivity contribution is -0.113. The molecule has 0 fully saturated rings. The van der Waals surface area contributed by atoms with Gasteiger partial charge >= 0.3 is 0 Å². The molecular formula is C28H23N3O3S2. The first kappa shape index (κ1) is 23.9. The molecule has 36 heavy (non-hydrogen) atoms. The highest BCUT2D eigenvalue weighted by Crippen LogP contribution is 2.42. The fourth-order valence-electron chi connectivity index (χ4n) is 4.38. The smallest absolute Gasteiger partial charge is 0.291 e. The number of nitrogens with zero attached hydrogens (tertiary/aromatic N) is 1. The van der Waals surface area contributed by atoms with Crippen molar-refractivity contribution in [3.8, 4) is 6.07 Å². The lowest BCUT2D eigenvalue weighted by Gasteiger charge is -2.22. The number of carbonyl (C=O) groups is 2. The Labute approximate surface area is 217 Å². The molecule has 6 nitrogen and oxygen atoms in total. The van der Waals surface area contributed by atoms with Gasteiger partial charge in [0.1, 0.15) is 11.1 Å². The van der Waals surface area contributed by atoms with Gasteiger partial charge in [-0.1, -0.05) is 36.4 Å². The number of benzene rings is 2. The summed E-state index contributed by atoms with van der Waals surface area (Å²) in [6, 6.07) is 23.3. The molecule has 2 N–H and O–H groups in total. The van der Waals surface area contributed by atoms with Gasteiger partial charge in [0.15, 0.2) is 5.76 Å². The molecule has 180 valence electrons. The Kier molecular flexibility index (Phi) is 7.21. The van der Waals surface area contributed by atoms with Crippen LogP contribution >= 0.6 is 23.1 Å². The fourth-order valence-corrected chi connectivity index (χ4v) is 6.43. The second-order valence-electron chi connectivity index (χ2n) is 8.47. The Morgan fingerprint density at radius 1 is 1.08 bits per heavy atom. The van der Waals surface area contributed by atoms with E-state index in [1.54, 1.807) is 18.2 Å². The van der Waals surface area contributed by atoms with Gasteiger partial charge in [-0.15, -0.1) is 23.1 Å². The van der Waals surface area contributed by atoms with Gasteiger partial charge in [0.25, 0.3) is 5.91 Å². The van der Waals surface area contributed by atoms with Crippen LogP contribution in [0.4, 0.5) is 10.7 Å². The van der Waals surface area contributed by atoms with E-state index in [0.717, 1.165) is 29.7 Å². The number of furan rings is 1. The first-order chi connectivity index (χ1) is 17.6. The van der Waals surface area contributed by atoms with E-state index in [-0.39, 0.29) is 23.3 Å². The van der Waals surface area contributed by atoms with Crippen LogP contribution in [-0.2, 0) is 17.6 Å². The zero-order valence-electron chi connectivity index (χ0n) is 19.3. The van der Waals surface area contributed by atoms with Gasteiger partial charge in [0.05, 0.1) is 17.6 Å². The van der Waals surface area contributed by atoms with Crippen molar-refractivity contribution in [1.29, 1.82) is 5.26 Å². The highest BCUT2D eigenvalue weighted by molar-refractivity contribution is 8.00. The SMILES string of the molecule is N#Cc1c(NC(=O)CSc2cccc(NC(=O)c3ccco3)c2)sc2c1CCC(c1ccccc1)C2. The molecule has 0 spiro atoms. The molecule has 5 rings (SSSR count). The Hall–Kier alpha value is -3.80. The first-order valence-electron chi connectivity index (χ1n) is 11.6. The molecule has 0 saturated heterocycles. The van der Waals surface area contributed by atoms with Crippen molar-refractivity contribution in [1.82, 2.24) is 0 Å². The number of hydrogen-bond donors (Lipinski definition) is 2. The maximum Gasteiger partial charge on any atom is 0.291 e. The summed E-state index contributed by atoms with van der Waals surface area (Å²) >= 11 is 2.89. The molecule has 1 aliphatic rings. The number of anilines is 2. The molecule has 0 saturated carbocycles. The third-order valence-electron chi connectivity index (χ3n) is 6.11. The summed E-state index contributed by atoms with van der Waals surface area (Å²) in [4.78, 5) is 27.0. The van der Waals surface area contributed by atoms with Crippen molar-refractivity contribution in [2.24, 2.45) is 0 Å². The van der Waals surface area contributed by atoms with Crippen LogP contribution in [0.5, 0.6) is 0 Å². The lowest BCUT2D eigenvalue weighted by Crippen LogP contribution is -2.14. The van der Waals surface area contributed by atoms with Crippen LogP contribution in [0.25, 0.3) is 0 Å². The Balaban J connectivity index is 1.21. The van der Waals surface area contributed by atoms with Crippen molar-refractivity contribution >= 4 is 45.6 Å². The minimum absolute atomic E-state index is 0.167. The summed E-state index contributed by atoms with van der Waals surface area (Å²) in [6.45, 7) is 0. The molecule has 2 aromatic carbocycles. The van der Waals surface area contributed by atoms with Gasteiger partial charge in [-0.2, -0.15) is 5.26 Å². The van der Waals surface area contributed by atoms with E-state index >= 15 is 0 Å². The molecule has 2 amide bonds. The molecule has 8 heteroatoms. The van der Waals surface area contributed by atoms with Gasteiger partial charge < -0.3 is 15.1 Å². The monoisotopic (exact) mass is 513 g/mol. The number of nitriles is 1. The quantitative estimate of drug-likeness (QED) is 0.276. The average Bonchev–Trinajstić information content (AvgIpc) is 3.56. The van der Waals surface area contributed by atoms with Crippen LogP contribution in [-0.4, -0.2) is 17.6 Å². The van der Waals surface area contributed by atoms with E-state index < -0.39 is 0 Å². The van der Waals surface area contributed by atoms with Crippen LogP contribution in [0.3, 0.4) is 0 Å². The molecule has 0 radical (unpaired) electrons. The Morgan fingerprint density at radius 2 is 1.94 bits per heavy atom. The summed E-state index contributed by atoms with van der Waals surface area (Å²) in [7, 11) is 0. The van der Waals surface area contributed by atoms with Crippen molar-refractivity contribution in [3.05, 3.63) is 100 Å².